The van der Waals surface area contributed by atoms with E-state index in [9.17, 15) is 4.79 Å². The van der Waals surface area contributed by atoms with Crippen molar-refractivity contribution in [2.75, 3.05) is 19.8 Å². The van der Waals surface area contributed by atoms with Crippen molar-refractivity contribution >= 4 is 5.91 Å². The summed E-state index contributed by atoms with van der Waals surface area (Å²) in [5.74, 6) is 1.90. The van der Waals surface area contributed by atoms with Gasteiger partial charge in [-0.3, -0.25) is 9.63 Å². The zero-order valence-electron chi connectivity index (χ0n) is 7.91. The topological polar surface area (TPSA) is 73.6 Å². The molecular formula is C9H14N2O3. The molecule has 0 radical (unpaired) electrons. The number of hydrogen-bond donors (Lipinski definition) is 2. The molecule has 0 spiro atoms. The minimum atomic E-state index is -0.882. The normalized spacial score (nSPS) is 19.7. The van der Waals surface area contributed by atoms with E-state index in [1.807, 2.05) is 0 Å². The molecule has 5 nitrogen and oxygen atoms in total. The van der Waals surface area contributed by atoms with Crippen molar-refractivity contribution in [1.82, 2.24) is 5.48 Å². The minimum Gasteiger partial charge on any atom is -0.381 e. The molecule has 0 aromatic heterocycles. The maximum Gasteiger partial charge on any atom is 0.263 e. The predicted molar refractivity (Wildman–Crippen MR) is 49.9 cm³/mol. The summed E-state index contributed by atoms with van der Waals surface area (Å²) in [5, 5.41) is 0. The highest BCUT2D eigenvalue weighted by molar-refractivity contribution is 5.85. The Bertz CT molecular complexity index is 241. The average molecular weight is 198 g/mol. The molecule has 5 heteroatoms. The molecule has 3 N–H and O–H groups in total. The quantitative estimate of drug-likeness (QED) is 0.353. The van der Waals surface area contributed by atoms with Gasteiger partial charge in [-0.15, -0.1) is 6.42 Å². The van der Waals surface area contributed by atoms with Crippen molar-refractivity contribution in [3.05, 3.63) is 0 Å². The van der Waals surface area contributed by atoms with E-state index in [2.05, 4.69) is 11.4 Å². The predicted octanol–water partition coefficient (Wildman–Crippen LogP) is -0.825. The van der Waals surface area contributed by atoms with Crippen molar-refractivity contribution in [1.29, 1.82) is 0 Å². The first kappa shape index (κ1) is 11.0. The zero-order chi connectivity index (χ0) is 10.4. The summed E-state index contributed by atoms with van der Waals surface area (Å²) in [4.78, 5) is 16.2. The van der Waals surface area contributed by atoms with Crippen molar-refractivity contribution in [3.8, 4) is 12.3 Å². The van der Waals surface area contributed by atoms with Gasteiger partial charge in [0.15, 0.2) is 0 Å². The van der Waals surface area contributed by atoms with E-state index >= 15 is 0 Å². The fourth-order valence-electron chi connectivity index (χ4n) is 1.21. The molecule has 0 atom stereocenters. The van der Waals surface area contributed by atoms with E-state index in [4.69, 9.17) is 21.7 Å². The van der Waals surface area contributed by atoms with Crippen LogP contribution in [-0.2, 0) is 14.4 Å². The van der Waals surface area contributed by atoms with Crippen LogP contribution in [0.25, 0.3) is 0 Å². The van der Waals surface area contributed by atoms with Gasteiger partial charge in [0.05, 0.1) is 0 Å². The van der Waals surface area contributed by atoms with Crippen LogP contribution in [0.15, 0.2) is 0 Å². The van der Waals surface area contributed by atoms with Crippen molar-refractivity contribution in [2.45, 2.75) is 18.4 Å². The van der Waals surface area contributed by atoms with Crippen LogP contribution in [0, 0.1) is 12.3 Å². The molecule has 1 saturated heterocycles. The molecular weight excluding hydrogens is 184 g/mol. The molecule has 0 bridgehead atoms. The average Bonchev–Trinajstić information content (AvgIpc) is 2.19. The number of hydroxylamine groups is 1. The summed E-state index contributed by atoms with van der Waals surface area (Å²) >= 11 is 0. The van der Waals surface area contributed by atoms with Crippen LogP contribution in [0.3, 0.4) is 0 Å². The summed E-state index contributed by atoms with van der Waals surface area (Å²) in [7, 11) is 0. The summed E-state index contributed by atoms with van der Waals surface area (Å²) in [6.45, 7) is 1.04. The smallest absolute Gasteiger partial charge is 0.263 e. The Morgan fingerprint density at radius 2 is 2.29 bits per heavy atom. The molecule has 1 aliphatic heterocycles. The lowest BCUT2D eigenvalue weighted by Gasteiger charge is -2.31. The second-order valence-electron chi connectivity index (χ2n) is 3.19. The summed E-state index contributed by atoms with van der Waals surface area (Å²) in [6, 6.07) is 0. The SMILES string of the molecule is C#CCONC(=O)C1(N)CCOCC1. The van der Waals surface area contributed by atoms with Gasteiger partial charge in [0.25, 0.3) is 5.91 Å². The number of terminal acetylenes is 1. The number of rotatable bonds is 3. The van der Waals surface area contributed by atoms with Gasteiger partial charge >= 0.3 is 0 Å². The third-order valence-electron chi connectivity index (χ3n) is 2.16. The van der Waals surface area contributed by atoms with Crippen LogP contribution < -0.4 is 11.2 Å². The molecule has 0 aromatic rings. The third-order valence-corrected chi connectivity index (χ3v) is 2.16. The van der Waals surface area contributed by atoms with E-state index in [0.29, 0.717) is 26.1 Å². The summed E-state index contributed by atoms with van der Waals surface area (Å²) in [5.41, 5.74) is 7.21. The van der Waals surface area contributed by atoms with Crippen molar-refractivity contribution < 1.29 is 14.4 Å². The fraction of sp³-hybridized carbons (Fsp3) is 0.667. The van der Waals surface area contributed by atoms with Gasteiger partial charge in [0.2, 0.25) is 0 Å². The molecule has 1 aliphatic rings. The first-order valence-electron chi connectivity index (χ1n) is 4.41. The molecule has 0 aliphatic carbocycles. The molecule has 1 heterocycles. The minimum absolute atomic E-state index is 0.0400. The van der Waals surface area contributed by atoms with Crippen LogP contribution in [0.5, 0.6) is 0 Å². The molecule has 0 aromatic carbocycles. The second-order valence-corrected chi connectivity index (χ2v) is 3.19. The molecule has 78 valence electrons. The van der Waals surface area contributed by atoms with E-state index < -0.39 is 5.54 Å². The standard InChI is InChI=1S/C9H14N2O3/c1-2-5-14-11-8(12)9(10)3-6-13-7-4-9/h1H,3-7,10H2,(H,11,12). The molecule has 1 amide bonds. The number of nitrogens with two attached hydrogens (primary N) is 1. The molecule has 1 rings (SSSR count). The first-order chi connectivity index (χ1) is 6.69. The van der Waals surface area contributed by atoms with Gasteiger partial charge in [-0.2, -0.15) is 0 Å². The maximum atomic E-state index is 11.5. The lowest BCUT2D eigenvalue weighted by atomic mass is 9.91. The van der Waals surface area contributed by atoms with Crippen LogP contribution in [0.1, 0.15) is 12.8 Å². The van der Waals surface area contributed by atoms with Crippen molar-refractivity contribution in [2.24, 2.45) is 5.73 Å². The molecule has 0 saturated carbocycles. The third kappa shape index (κ3) is 2.70. The summed E-state index contributed by atoms with van der Waals surface area (Å²) < 4.78 is 5.11. The maximum absolute atomic E-state index is 11.5. The van der Waals surface area contributed by atoms with Crippen molar-refractivity contribution in [3.63, 3.8) is 0 Å². The Hall–Kier alpha value is -1.09. The number of carbonyl (C=O) groups excluding carboxylic acids is 1. The number of carbonyl (C=O) groups is 1. The van der Waals surface area contributed by atoms with E-state index in [-0.39, 0.29) is 12.5 Å². The van der Waals surface area contributed by atoms with Crippen LogP contribution in [0.2, 0.25) is 0 Å². The Labute approximate surface area is 82.9 Å². The number of nitrogens with one attached hydrogen (secondary N) is 1. The summed E-state index contributed by atoms with van der Waals surface area (Å²) in [6.07, 6.45) is 5.95. The van der Waals surface area contributed by atoms with Gasteiger partial charge < -0.3 is 10.5 Å². The monoisotopic (exact) mass is 198 g/mol. The number of amides is 1. The Balaban J connectivity index is 2.38. The van der Waals surface area contributed by atoms with Crippen LogP contribution in [-0.4, -0.2) is 31.3 Å². The Morgan fingerprint density at radius 3 is 2.86 bits per heavy atom. The van der Waals surface area contributed by atoms with Gasteiger partial charge in [0.1, 0.15) is 12.1 Å². The Morgan fingerprint density at radius 1 is 1.64 bits per heavy atom. The van der Waals surface area contributed by atoms with Gasteiger partial charge in [-0.05, 0) is 12.8 Å². The van der Waals surface area contributed by atoms with Crippen LogP contribution >= 0.6 is 0 Å². The Kier molecular flexibility index (Phi) is 3.89. The lowest BCUT2D eigenvalue weighted by Crippen LogP contribution is -2.56. The first-order valence-corrected chi connectivity index (χ1v) is 4.41. The largest absolute Gasteiger partial charge is 0.381 e. The number of ether oxygens (including phenoxy) is 1. The van der Waals surface area contributed by atoms with Gasteiger partial charge in [-0.1, -0.05) is 5.92 Å². The zero-order valence-corrected chi connectivity index (χ0v) is 7.91. The van der Waals surface area contributed by atoms with E-state index in [0.717, 1.165) is 0 Å². The van der Waals surface area contributed by atoms with Gasteiger partial charge in [-0.25, -0.2) is 5.48 Å². The highest BCUT2D eigenvalue weighted by Gasteiger charge is 2.36. The molecule has 14 heavy (non-hydrogen) atoms. The van der Waals surface area contributed by atoms with Crippen LogP contribution in [0.4, 0.5) is 0 Å². The van der Waals surface area contributed by atoms with E-state index in [1.54, 1.807) is 0 Å². The van der Waals surface area contributed by atoms with E-state index in [1.165, 1.54) is 0 Å². The highest BCUT2D eigenvalue weighted by atomic mass is 16.6. The second kappa shape index (κ2) is 4.96. The molecule has 0 unspecified atom stereocenters. The number of hydrogen-bond acceptors (Lipinski definition) is 4. The molecule has 1 fully saturated rings. The fourth-order valence-corrected chi connectivity index (χ4v) is 1.21. The highest BCUT2D eigenvalue weighted by Crippen LogP contribution is 2.17. The van der Waals surface area contributed by atoms with Gasteiger partial charge in [0, 0.05) is 13.2 Å². The lowest BCUT2D eigenvalue weighted by molar-refractivity contribution is -0.141.